The zero-order valence-corrected chi connectivity index (χ0v) is 8.29. The van der Waals surface area contributed by atoms with E-state index in [1.54, 1.807) is 11.8 Å². The van der Waals surface area contributed by atoms with Crippen molar-refractivity contribution in [3.05, 3.63) is 22.3 Å². The van der Waals surface area contributed by atoms with E-state index < -0.39 is 0 Å². The van der Waals surface area contributed by atoms with E-state index >= 15 is 0 Å². The Morgan fingerprint density at radius 1 is 1.60 bits per heavy atom. The van der Waals surface area contributed by atoms with Crippen molar-refractivity contribution in [2.75, 3.05) is 6.26 Å². The first kappa shape index (κ1) is 8.08. The van der Waals surface area contributed by atoms with Crippen molar-refractivity contribution in [1.82, 2.24) is 4.98 Å². The smallest absolute Gasteiger partial charge is 0.0997 e. The molecule has 0 aliphatic heterocycles. The molecule has 1 aromatic heterocycles. The molecule has 0 aliphatic carbocycles. The van der Waals surface area contributed by atoms with Crippen LogP contribution in [0.5, 0.6) is 0 Å². The van der Waals surface area contributed by atoms with Crippen LogP contribution in [-0.4, -0.2) is 11.2 Å². The van der Waals surface area contributed by atoms with Gasteiger partial charge in [0.2, 0.25) is 0 Å². The Hall–Kier alpha value is -0.0200. The third-order valence-corrected chi connectivity index (χ3v) is 2.94. The number of nitrogens with zero attached hydrogens (tertiary/aromatic N) is 1. The molecule has 1 nitrogen and oxygen atoms in total. The number of thioether (sulfide) groups is 1. The summed E-state index contributed by atoms with van der Waals surface area (Å²) in [5.74, 6) is 0. The van der Waals surface area contributed by atoms with Crippen molar-refractivity contribution < 1.29 is 0 Å². The lowest BCUT2D eigenvalue weighted by Crippen LogP contribution is -1.84. The highest BCUT2D eigenvalue weighted by molar-refractivity contribution is 9.10. The van der Waals surface area contributed by atoms with Crippen LogP contribution in [0.25, 0.3) is 0 Å². The second kappa shape index (κ2) is 3.39. The molecule has 0 N–H and O–H groups in total. The average Bonchev–Trinajstić information content (AvgIpc) is 1.95. The minimum Gasteiger partial charge on any atom is -0.250 e. The molecule has 54 valence electrons. The van der Waals surface area contributed by atoms with Crippen molar-refractivity contribution in [1.29, 1.82) is 0 Å². The average molecular weight is 218 g/mol. The van der Waals surface area contributed by atoms with Gasteiger partial charge >= 0.3 is 0 Å². The van der Waals surface area contributed by atoms with Crippen LogP contribution in [0.4, 0.5) is 0 Å². The highest BCUT2D eigenvalue weighted by Gasteiger charge is 1.99. The van der Waals surface area contributed by atoms with E-state index in [1.165, 1.54) is 5.56 Å². The largest absolute Gasteiger partial charge is 0.250 e. The van der Waals surface area contributed by atoms with Gasteiger partial charge in [0.1, 0.15) is 0 Å². The van der Waals surface area contributed by atoms with E-state index in [-0.39, 0.29) is 0 Å². The van der Waals surface area contributed by atoms with E-state index in [4.69, 9.17) is 0 Å². The Kier molecular flexibility index (Phi) is 2.74. The normalized spacial score (nSPS) is 9.90. The summed E-state index contributed by atoms with van der Waals surface area (Å²) in [5, 5.41) is 1.09. The zero-order valence-electron chi connectivity index (χ0n) is 5.89. The number of hydrogen-bond acceptors (Lipinski definition) is 2. The maximum Gasteiger partial charge on any atom is 0.0997 e. The molecule has 1 aromatic rings. The molecule has 0 saturated carbocycles. The maximum atomic E-state index is 4.19. The van der Waals surface area contributed by atoms with E-state index in [0.29, 0.717) is 0 Å². The van der Waals surface area contributed by atoms with E-state index in [0.717, 1.165) is 9.50 Å². The summed E-state index contributed by atoms with van der Waals surface area (Å²) >= 11 is 5.10. The molecule has 0 spiro atoms. The monoisotopic (exact) mass is 217 g/mol. The topological polar surface area (TPSA) is 12.9 Å². The molecule has 0 aromatic carbocycles. The Bertz CT molecular complexity index is 237. The molecule has 3 heteroatoms. The van der Waals surface area contributed by atoms with E-state index in [1.807, 2.05) is 18.5 Å². The predicted molar refractivity (Wildman–Crippen MR) is 48.5 cm³/mol. The lowest BCUT2D eigenvalue weighted by Gasteiger charge is -2.00. The van der Waals surface area contributed by atoms with Crippen molar-refractivity contribution in [3.63, 3.8) is 0 Å². The van der Waals surface area contributed by atoms with Crippen LogP contribution in [0.1, 0.15) is 5.56 Å². The molecule has 0 bridgehead atoms. The molecule has 0 amide bonds. The number of hydrogen-bond donors (Lipinski definition) is 0. The Balaban J connectivity index is 3.14. The fourth-order valence-electron chi connectivity index (χ4n) is 0.700. The van der Waals surface area contributed by atoms with Crippen LogP contribution < -0.4 is 0 Å². The second-order valence-corrected chi connectivity index (χ2v) is 3.58. The van der Waals surface area contributed by atoms with Gasteiger partial charge < -0.3 is 0 Å². The van der Waals surface area contributed by atoms with Gasteiger partial charge in [-0.1, -0.05) is 15.9 Å². The summed E-state index contributed by atoms with van der Waals surface area (Å²) < 4.78 is 1.13. The molecular weight excluding hydrogens is 210 g/mol. The summed E-state index contributed by atoms with van der Waals surface area (Å²) in [6.45, 7) is 2.06. The molecule has 0 saturated heterocycles. The third kappa shape index (κ3) is 1.52. The van der Waals surface area contributed by atoms with Gasteiger partial charge in [-0.2, -0.15) is 0 Å². The summed E-state index contributed by atoms with van der Waals surface area (Å²) in [6.07, 6.45) is 3.84. The molecule has 1 rings (SSSR count). The Labute approximate surface area is 73.4 Å². The number of aromatic nitrogens is 1. The molecule has 1 heterocycles. The highest BCUT2D eigenvalue weighted by atomic mass is 79.9. The minimum absolute atomic E-state index is 1.09. The van der Waals surface area contributed by atoms with Crippen molar-refractivity contribution >= 4 is 27.7 Å². The van der Waals surface area contributed by atoms with Crippen molar-refractivity contribution in [2.24, 2.45) is 0 Å². The number of rotatable bonds is 1. The van der Waals surface area contributed by atoms with Crippen LogP contribution in [0.2, 0.25) is 0 Å². The van der Waals surface area contributed by atoms with Gasteiger partial charge in [-0.05, 0) is 24.8 Å². The van der Waals surface area contributed by atoms with Crippen LogP contribution in [-0.2, 0) is 0 Å². The lowest BCUT2D eigenvalue weighted by molar-refractivity contribution is 1.07. The quantitative estimate of drug-likeness (QED) is 0.672. The first-order valence-corrected chi connectivity index (χ1v) is 4.92. The standard InChI is InChI=1S/C7H8BrNS/c1-5-6(8)3-4-9-7(5)10-2/h3-4H,1-2H3. The third-order valence-electron chi connectivity index (χ3n) is 1.29. The van der Waals surface area contributed by atoms with Gasteiger partial charge in [0.25, 0.3) is 0 Å². The van der Waals surface area contributed by atoms with E-state index in [9.17, 15) is 0 Å². The summed E-state index contributed by atoms with van der Waals surface area (Å²) in [5.41, 5.74) is 1.22. The van der Waals surface area contributed by atoms with Crippen LogP contribution in [0, 0.1) is 6.92 Å². The molecular formula is C7H8BrNS. The lowest BCUT2D eigenvalue weighted by atomic mass is 10.3. The summed E-state index contributed by atoms with van der Waals surface area (Å²) in [4.78, 5) is 4.19. The van der Waals surface area contributed by atoms with Crippen LogP contribution in [0.3, 0.4) is 0 Å². The fraction of sp³-hybridized carbons (Fsp3) is 0.286. The molecule has 0 radical (unpaired) electrons. The minimum atomic E-state index is 1.09. The van der Waals surface area contributed by atoms with Gasteiger partial charge in [-0.3, -0.25) is 0 Å². The Morgan fingerprint density at radius 2 is 2.30 bits per heavy atom. The van der Waals surface area contributed by atoms with E-state index in [2.05, 4.69) is 27.8 Å². The van der Waals surface area contributed by atoms with Gasteiger partial charge in [-0.25, -0.2) is 4.98 Å². The zero-order chi connectivity index (χ0) is 7.56. The summed E-state index contributed by atoms with van der Waals surface area (Å²) in [6, 6.07) is 1.95. The molecule has 0 fully saturated rings. The first-order valence-electron chi connectivity index (χ1n) is 2.91. The predicted octanol–water partition coefficient (Wildman–Crippen LogP) is 2.87. The van der Waals surface area contributed by atoms with Crippen LogP contribution >= 0.6 is 27.7 Å². The molecule has 0 aliphatic rings. The highest BCUT2D eigenvalue weighted by Crippen LogP contribution is 2.23. The second-order valence-electron chi connectivity index (χ2n) is 1.93. The SMILES string of the molecule is CSc1nccc(Br)c1C. The van der Waals surface area contributed by atoms with Gasteiger partial charge in [0.15, 0.2) is 0 Å². The maximum absolute atomic E-state index is 4.19. The van der Waals surface area contributed by atoms with Crippen molar-refractivity contribution in [3.8, 4) is 0 Å². The number of pyridine rings is 1. The van der Waals surface area contributed by atoms with Gasteiger partial charge in [0, 0.05) is 10.7 Å². The molecule has 0 unspecified atom stereocenters. The number of halogens is 1. The molecule has 0 atom stereocenters. The van der Waals surface area contributed by atoms with Crippen molar-refractivity contribution in [2.45, 2.75) is 11.9 Å². The Morgan fingerprint density at radius 3 is 2.80 bits per heavy atom. The van der Waals surface area contributed by atoms with Gasteiger partial charge in [-0.15, -0.1) is 11.8 Å². The van der Waals surface area contributed by atoms with Crippen LogP contribution in [0.15, 0.2) is 21.8 Å². The summed E-state index contributed by atoms with van der Waals surface area (Å²) in [7, 11) is 0. The van der Waals surface area contributed by atoms with Gasteiger partial charge in [0.05, 0.1) is 5.03 Å². The first-order chi connectivity index (χ1) is 4.75. The molecule has 10 heavy (non-hydrogen) atoms. The fourth-order valence-corrected chi connectivity index (χ4v) is 1.72.